The highest BCUT2D eigenvalue weighted by Gasteiger charge is 2.20. The number of carboxylic acids is 1. The minimum atomic E-state index is -1.07. The number of unbranched alkanes of at least 4 members (excludes halogenated alkanes) is 2. The van der Waals surface area contributed by atoms with E-state index in [2.05, 4.69) is 10.6 Å². The molecule has 3 amide bonds. The third kappa shape index (κ3) is 11.9. The zero-order valence-corrected chi connectivity index (χ0v) is 22.9. The summed E-state index contributed by atoms with van der Waals surface area (Å²) in [6.07, 6.45) is 5.51. The van der Waals surface area contributed by atoms with Crippen molar-refractivity contribution in [1.29, 1.82) is 0 Å². The van der Waals surface area contributed by atoms with E-state index in [4.69, 9.17) is 4.74 Å². The van der Waals surface area contributed by atoms with Gasteiger partial charge in [-0.25, -0.2) is 9.59 Å². The van der Waals surface area contributed by atoms with Crippen molar-refractivity contribution in [3.63, 3.8) is 0 Å². The van der Waals surface area contributed by atoms with Crippen molar-refractivity contribution >= 4 is 45.5 Å². The number of hydrogen-bond donors (Lipinski definition) is 3. The molecule has 204 valence electrons. The molecule has 0 unspecified atom stereocenters. The number of ether oxygens (including phenoxy) is 1. The lowest BCUT2D eigenvalue weighted by atomic mass is 10.1. The first-order valence-electron chi connectivity index (χ1n) is 12.2. The number of carboxylic acid groups (broad SMARTS) is 1. The lowest BCUT2D eigenvalue weighted by molar-refractivity contribution is -0.141. The predicted octanol–water partition coefficient (Wildman–Crippen LogP) is 2.74. The summed E-state index contributed by atoms with van der Waals surface area (Å²) in [5.41, 5.74) is 0.851. The Morgan fingerprint density at radius 2 is 1.95 bits per heavy atom. The molecule has 0 saturated carbocycles. The molecule has 1 aromatic carbocycles. The summed E-state index contributed by atoms with van der Waals surface area (Å²) in [6.45, 7) is 2.72. The van der Waals surface area contributed by atoms with Crippen molar-refractivity contribution in [2.24, 2.45) is 0 Å². The molecule has 0 saturated heterocycles. The van der Waals surface area contributed by atoms with Gasteiger partial charge < -0.3 is 30.3 Å². The summed E-state index contributed by atoms with van der Waals surface area (Å²) in [7, 11) is 6.27. The highest BCUT2D eigenvalue weighted by molar-refractivity contribution is 8.76. The van der Waals surface area contributed by atoms with Crippen molar-refractivity contribution in [3.05, 3.63) is 42.0 Å². The zero-order chi connectivity index (χ0) is 27.0. The van der Waals surface area contributed by atoms with E-state index in [9.17, 15) is 24.3 Å². The minimum absolute atomic E-state index is 0.0261. The standard InChI is InChI=1S/C25H36N4O6S2/c1-26-13-16-28(2)25(34)35-17-19-9-11-20(12-10-19)37-36-18-21(24(32)33)27-22(30)7-4-3-5-14-29-15-6-8-23(29)31/h6,8-12,21,26H,3-5,7,13-18H2,1-2H3,(H,27,30)(H,32,33)/t21-/m0/s1. The molecule has 10 nitrogen and oxygen atoms in total. The first kappa shape index (κ1) is 30.5. The summed E-state index contributed by atoms with van der Waals surface area (Å²) in [6, 6.07) is 6.50. The van der Waals surface area contributed by atoms with Gasteiger partial charge in [0.15, 0.2) is 0 Å². The molecule has 0 fully saturated rings. The Morgan fingerprint density at radius 1 is 1.19 bits per heavy atom. The van der Waals surface area contributed by atoms with Crippen LogP contribution in [0.2, 0.25) is 0 Å². The SMILES string of the molecule is CNCCN(C)C(=O)OCc1ccc(SSC[C@H](NC(=O)CCCCCN2CC=CC2=O)C(=O)O)cc1. The van der Waals surface area contributed by atoms with Gasteiger partial charge in [-0.1, -0.05) is 46.2 Å². The van der Waals surface area contributed by atoms with E-state index in [0.717, 1.165) is 23.3 Å². The number of nitrogens with one attached hydrogen (secondary N) is 2. The van der Waals surface area contributed by atoms with Gasteiger partial charge >= 0.3 is 12.1 Å². The van der Waals surface area contributed by atoms with Crippen molar-refractivity contribution in [2.45, 2.75) is 43.2 Å². The maximum atomic E-state index is 12.2. The third-order valence-corrected chi connectivity index (χ3v) is 7.94. The molecule has 0 aromatic heterocycles. The number of benzene rings is 1. The Kier molecular flexibility index (Phi) is 14.0. The smallest absolute Gasteiger partial charge is 0.409 e. The van der Waals surface area contributed by atoms with Crippen LogP contribution in [0.4, 0.5) is 4.79 Å². The van der Waals surface area contributed by atoms with Crippen molar-refractivity contribution in [3.8, 4) is 0 Å². The summed E-state index contributed by atoms with van der Waals surface area (Å²) in [4.78, 5) is 51.4. The van der Waals surface area contributed by atoms with Gasteiger partial charge in [0.05, 0.1) is 0 Å². The van der Waals surface area contributed by atoms with Crippen LogP contribution < -0.4 is 10.6 Å². The van der Waals surface area contributed by atoms with Gasteiger partial charge in [0.2, 0.25) is 11.8 Å². The largest absolute Gasteiger partial charge is 0.480 e. The van der Waals surface area contributed by atoms with E-state index in [1.165, 1.54) is 26.5 Å². The number of rotatable bonds is 17. The number of nitrogens with zero attached hydrogens (tertiary/aromatic N) is 2. The Balaban J connectivity index is 1.63. The molecule has 0 spiro atoms. The fraction of sp³-hybridized carbons (Fsp3) is 0.520. The van der Waals surface area contributed by atoms with E-state index in [1.807, 2.05) is 37.4 Å². The zero-order valence-electron chi connectivity index (χ0n) is 21.3. The Hall–Kier alpha value is -2.70. The summed E-state index contributed by atoms with van der Waals surface area (Å²) < 4.78 is 5.30. The summed E-state index contributed by atoms with van der Waals surface area (Å²) in [5, 5.41) is 15.0. The van der Waals surface area contributed by atoms with Crippen LogP contribution in [0.15, 0.2) is 41.3 Å². The monoisotopic (exact) mass is 552 g/mol. The Labute approximate surface area is 225 Å². The molecule has 1 aliphatic rings. The molecule has 0 radical (unpaired) electrons. The average molecular weight is 553 g/mol. The maximum Gasteiger partial charge on any atom is 0.409 e. The second kappa shape index (κ2) is 16.9. The highest BCUT2D eigenvalue weighted by atomic mass is 33.1. The van der Waals surface area contributed by atoms with Crippen molar-refractivity contribution in [1.82, 2.24) is 20.4 Å². The third-order valence-electron chi connectivity index (χ3n) is 5.55. The van der Waals surface area contributed by atoms with Crippen LogP contribution in [0.3, 0.4) is 0 Å². The van der Waals surface area contributed by atoms with E-state index < -0.39 is 12.0 Å². The molecule has 1 heterocycles. The quantitative estimate of drug-likeness (QED) is 0.197. The van der Waals surface area contributed by atoms with Gasteiger partial charge in [0.25, 0.3) is 0 Å². The average Bonchev–Trinajstić information content (AvgIpc) is 3.29. The molecular weight excluding hydrogens is 516 g/mol. The molecule has 2 rings (SSSR count). The lowest BCUT2D eigenvalue weighted by Crippen LogP contribution is -2.42. The molecule has 0 bridgehead atoms. The molecule has 1 aliphatic heterocycles. The fourth-order valence-corrected chi connectivity index (χ4v) is 5.49. The topological polar surface area (TPSA) is 128 Å². The number of amides is 3. The molecule has 1 atom stereocenters. The van der Waals surface area contributed by atoms with Crippen molar-refractivity contribution < 1.29 is 29.0 Å². The van der Waals surface area contributed by atoms with Crippen molar-refractivity contribution in [2.75, 3.05) is 46.0 Å². The molecule has 12 heteroatoms. The Morgan fingerprint density at radius 3 is 2.59 bits per heavy atom. The van der Waals surface area contributed by atoms with E-state index >= 15 is 0 Å². The molecule has 1 aromatic rings. The number of carbonyl (C=O) groups is 4. The molecule has 3 N–H and O–H groups in total. The van der Waals surface area contributed by atoms with Crippen LogP contribution in [-0.2, 0) is 25.7 Å². The normalized spacial score (nSPS) is 13.5. The molecule has 37 heavy (non-hydrogen) atoms. The Bertz CT molecular complexity index is 928. The molecular formula is C25H36N4O6S2. The highest BCUT2D eigenvalue weighted by Crippen LogP contribution is 2.31. The van der Waals surface area contributed by atoms with Crippen LogP contribution in [0.5, 0.6) is 0 Å². The summed E-state index contributed by atoms with van der Waals surface area (Å²) >= 11 is 0. The maximum absolute atomic E-state index is 12.2. The second-order valence-electron chi connectivity index (χ2n) is 8.55. The van der Waals surface area contributed by atoms with Crippen LogP contribution >= 0.6 is 21.6 Å². The van der Waals surface area contributed by atoms with Gasteiger partial charge in [-0.05, 0) is 37.6 Å². The van der Waals surface area contributed by atoms with Gasteiger partial charge in [-0.2, -0.15) is 0 Å². The first-order valence-corrected chi connectivity index (χ1v) is 14.5. The van der Waals surface area contributed by atoms with Gasteiger partial charge in [0.1, 0.15) is 12.6 Å². The van der Waals surface area contributed by atoms with Gasteiger partial charge in [0, 0.05) is 56.4 Å². The van der Waals surface area contributed by atoms with Crippen LogP contribution in [0.1, 0.15) is 31.2 Å². The minimum Gasteiger partial charge on any atom is -0.480 e. The number of hydrogen-bond acceptors (Lipinski definition) is 8. The van der Waals surface area contributed by atoms with Gasteiger partial charge in [-0.3, -0.25) is 9.59 Å². The second-order valence-corrected chi connectivity index (χ2v) is 11.0. The fourth-order valence-electron chi connectivity index (χ4n) is 3.32. The number of aliphatic carboxylic acids is 1. The molecule has 0 aliphatic carbocycles. The number of likely N-dealkylation sites (N-methyl/N-ethyl adjacent to an activating group) is 2. The summed E-state index contributed by atoms with van der Waals surface area (Å²) in [5.74, 6) is -1.11. The van der Waals surface area contributed by atoms with E-state index in [-0.39, 0.29) is 36.7 Å². The lowest BCUT2D eigenvalue weighted by Gasteiger charge is -2.16. The van der Waals surface area contributed by atoms with Crippen LogP contribution in [0, 0.1) is 0 Å². The number of carbonyl (C=O) groups excluding carboxylic acids is 3. The van der Waals surface area contributed by atoms with E-state index in [0.29, 0.717) is 32.6 Å². The first-order chi connectivity index (χ1) is 17.8. The predicted molar refractivity (Wildman–Crippen MR) is 145 cm³/mol. The van der Waals surface area contributed by atoms with Crippen LogP contribution in [0.25, 0.3) is 0 Å². The van der Waals surface area contributed by atoms with Gasteiger partial charge in [-0.15, -0.1) is 0 Å². The van der Waals surface area contributed by atoms with E-state index in [1.54, 1.807) is 18.0 Å². The van der Waals surface area contributed by atoms with Crippen LogP contribution in [-0.4, -0.2) is 90.9 Å².